The number of nitrogens with one attached hydrogen (secondary N) is 1. The fourth-order valence-electron chi connectivity index (χ4n) is 2.27. The lowest BCUT2D eigenvalue weighted by molar-refractivity contribution is -0.148. The van der Waals surface area contributed by atoms with E-state index in [0.29, 0.717) is 11.5 Å². The lowest BCUT2D eigenvalue weighted by atomic mass is 10.0. The Bertz CT molecular complexity index is 725. The minimum atomic E-state index is -1.57. The number of aromatic amines is 1. The predicted octanol–water partition coefficient (Wildman–Crippen LogP) is 2.27. The van der Waals surface area contributed by atoms with Gasteiger partial charge in [-0.25, -0.2) is 4.79 Å². The van der Waals surface area contributed by atoms with Crippen molar-refractivity contribution < 1.29 is 19.5 Å². The molecule has 0 atom stereocenters. The number of benzene rings is 1. The van der Waals surface area contributed by atoms with E-state index in [2.05, 4.69) is 4.98 Å². The molecule has 0 unspecified atom stereocenters. The first-order valence-corrected chi connectivity index (χ1v) is 6.46. The molecule has 20 heavy (non-hydrogen) atoms. The molecule has 0 amide bonds. The van der Waals surface area contributed by atoms with E-state index in [0.717, 1.165) is 10.9 Å². The van der Waals surface area contributed by atoms with Crippen molar-refractivity contribution in [3.63, 3.8) is 0 Å². The Morgan fingerprint density at radius 1 is 1.20 bits per heavy atom. The first-order valence-electron chi connectivity index (χ1n) is 6.46. The molecule has 1 aromatic heterocycles. The van der Waals surface area contributed by atoms with Gasteiger partial charge >= 0.3 is 5.97 Å². The molecule has 0 bridgehead atoms. The minimum absolute atomic E-state index is 0.369. The SMILES string of the molecule is O=C(O)C(=O)CC(=O)c1ccc2[nH]c(C3CC3)cc2c1. The highest BCUT2D eigenvalue weighted by molar-refractivity contribution is 6.37. The van der Waals surface area contributed by atoms with Crippen LogP contribution in [0.4, 0.5) is 0 Å². The molecule has 0 saturated heterocycles. The Labute approximate surface area is 114 Å². The maximum absolute atomic E-state index is 11.9. The maximum Gasteiger partial charge on any atom is 0.372 e. The van der Waals surface area contributed by atoms with Gasteiger partial charge in [-0.2, -0.15) is 0 Å². The third kappa shape index (κ3) is 2.34. The summed E-state index contributed by atoms with van der Waals surface area (Å²) in [5.74, 6) is -2.52. The number of H-pyrrole nitrogens is 1. The zero-order chi connectivity index (χ0) is 14.3. The first kappa shape index (κ1) is 12.6. The number of carbonyl (C=O) groups is 3. The van der Waals surface area contributed by atoms with Gasteiger partial charge in [-0.05, 0) is 43.0 Å². The van der Waals surface area contributed by atoms with Gasteiger partial charge in [0, 0.05) is 22.2 Å². The summed E-state index contributed by atoms with van der Waals surface area (Å²) < 4.78 is 0. The normalized spacial score (nSPS) is 14.4. The number of carboxylic acids is 1. The van der Waals surface area contributed by atoms with E-state index in [9.17, 15) is 14.4 Å². The van der Waals surface area contributed by atoms with E-state index < -0.39 is 24.0 Å². The molecule has 0 aliphatic heterocycles. The van der Waals surface area contributed by atoms with Crippen molar-refractivity contribution in [3.05, 3.63) is 35.5 Å². The molecular weight excluding hydrogens is 258 g/mol. The summed E-state index contributed by atoms with van der Waals surface area (Å²) in [6, 6.07) is 7.13. The van der Waals surface area contributed by atoms with Gasteiger partial charge in [0.25, 0.3) is 0 Å². The Morgan fingerprint density at radius 3 is 2.60 bits per heavy atom. The lowest BCUT2D eigenvalue weighted by Gasteiger charge is -1.99. The minimum Gasteiger partial charge on any atom is -0.475 e. The van der Waals surface area contributed by atoms with Crippen LogP contribution < -0.4 is 0 Å². The molecule has 3 rings (SSSR count). The summed E-state index contributed by atoms with van der Waals surface area (Å²) in [7, 11) is 0. The van der Waals surface area contributed by atoms with Crippen molar-refractivity contribution in [1.82, 2.24) is 4.98 Å². The quantitative estimate of drug-likeness (QED) is 0.496. The average molecular weight is 271 g/mol. The highest BCUT2D eigenvalue weighted by Crippen LogP contribution is 2.40. The van der Waals surface area contributed by atoms with Crippen LogP contribution in [-0.2, 0) is 9.59 Å². The highest BCUT2D eigenvalue weighted by atomic mass is 16.4. The fraction of sp³-hybridized carbons (Fsp3) is 0.267. The van der Waals surface area contributed by atoms with Gasteiger partial charge in [-0.15, -0.1) is 0 Å². The zero-order valence-electron chi connectivity index (χ0n) is 10.7. The second-order valence-corrected chi connectivity index (χ2v) is 5.13. The zero-order valence-corrected chi connectivity index (χ0v) is 10.7. The van der Waals surface area contributed by atoms with Crippen molar-refractivity contribution in [2.45, 2.75) is 25.2 Å². The monoisotopic (exact) mass is 271 g/mol. The number of aliphatic carboxylic acids is 1. The molecule has 1 saturated carbocycles. The van der Waals surface area contributed by atoms with Crippen LogP contribution in [0.1, 0.15) is 41.2 Å². The number of hydrogen-bond donors (Lipinski definition) is 2. The largest absolute Gasteiger partial charge is 0.475 e. The van der Waals surface area contributed by atoms with Crippen LogP contribution >= 0.6 is 0 Å². The van der Waals surface area contributed by atoms with Crippen LogP contribution in [0.2, 0.25) is 0 Å². The number of ketones is 2. The van der Waals surface area contributed by atoms with Crippen LogP contribution in [0, 0.1) is 0 Å². The molecule has 1 aromatic carbocycles. The molecule has 102 valence electrons. The third-order valence-corrected chi connectivity index (χ3v) is 3.54. The van der Waals surface area contributed by atoms with E-state index in [4.69, 9.17) is 5.11 Å². The van der Waals surface area contributed by atoms with Gasteiger partial charge in [0.05, 0.1) is 6.42 Å². The molecule has 1 aliphatic carbocycles. The van der Waals surface area contributed by atoms with E-state index in [1.807, 2.05) is 6.07 Å². The van der Waals surface area contributed by atoms with Crippen LogP contribution in [-0.4, -0.2) is 27.6 Å². The second kappa shape index (κ2) is 4.59. The van der Waals surface area contributed by atoms with Gasteiger partial charge in [-0.3, -0.25) is 9.59 Å². The third-order valence-electron chi connectivity index (χ3n) is 3.54. The Balaban J connectivity index is 1.86. The molecule has 0 radical (unpaired) electrons. The maximum atomic E-state index is 11.9. The summed E-state index contributed by atoms with van der Waals surface area (Å²) >= 11 is 0. The van der Waals surface area contributed by atoms with Gasteiger partial charge in [0.15, 0.2) is 5.78 Å². The second-order valence-electron chi connectivity index (χ2n) is 5.13. The predicted molar refractivity (Wildman–Crippen MR) is 71.9 cm³/mol. The molecule has 5 heteroatoms. The van der Waals surface area contributed by atoms with Crippen molar-refractivity contribution in [2.75, 3.05) is 0 Å². The summed E-state index contributed by atoms with van der Waals surface area (Å²) in [5.41, 5.74) is 2.49. The molecule has 1 fully saturated rings. The van der Waals surface area contributed by atoms with E-state index in [1.54, 1.807) is 18.2 Å². The number of rotatable bonds is 5. The summed E-state index contributed by atoms with van der Waals surface area (Å²) in [6.07, 6.45) is 1.78. The van der Waals surface area contributed by atoms with Gasteiger partial charge < -0.3 is 10.1 Å². The topological polar surface area (TPSA) is 87.2 Å². The molecule has 1 aliphatic rings. The summed E-state index contributed by atoms with van der Waals surface area (Å²) in [4.78, 5) is 36.7. The summed E-state index contributed by atoms with van der Waals surface area (Å²) in [5, 5.41) is 9.43. The summed E-state index contributed by atoms with van der Waals surface area (Å²) in [6.45, 7) is 0. The Morgan fingerprint density at radius 2 is 1.95 bits per heavy atom. The molecule has 5 nitrogen and oxygen atoms in total. The molecule has 2 N–H and O–H groups in total. The molecular formula is C15H13NO4. The van der Waals surface area contributed by atoms with Crippen molar-refractivity contribution >= 4 is 28.4 Å². The van der Waals surface area contributed by atoms with E-state index in [-0.39, 0.29) is 0 Å². The number of carbonyl (C=O) groups excluding carboxylic acids is 2. The number of fused-ring (bicyclic) bond motifs is 1. The van der Waals surface area contributed by atoms with Crippen LogP contribution in [0.3, 0.4) is 0 Å². The highest BCUT2D eigenvalue weighted by Gasteiger charge is 2.25. The average Bonchev–Trinajstić information content (AvgIpc) is 3.17. The molecule has 2 aromatic rings. The Kier molecular flexibility index (Phi) is 2.89. The van der Waals surface area contributed by atoms with Gasteiger partial charge in [0.2, 0.25) is 5.78 Å². The van der Waals surface area contributed by atoms with Crippen LogP contribution in [0.5, 0.6) is 0 Å². The number of carboxylic acid groups (broad SMARTS) is 1. The molecule has 0 spiro atoms. The number of aromatic nitrogens is 1. The van der Waals surface area contributed by atoms with E-state index >= 15 is 0 Å². The number of hydrogen-bond acceptors (Lipinski definition) is 3. The van der Waals surface area contributed by atoms with Crippen LogP contribution in [0.15, 0.2) is 24.3 Å². The van der Waals surface area contributed by atoms with Crippen LogP contribution in [0.25, 0.3) is 10.9 Å². The van der Waals surface area contributed by atoms with Gasteiger partial charge in [-0.1, -0.05) is 0 Å². The first-order chi connectivity index (χ1) is 9.54. The fourth-order valence-corrected chi connectivity index (χ4v) is 2.27. The number of Topliss-reactive ketones (excluding diaryl/α,β-unsaturated/α-hetero) is 2. The van der Waals surface area contributed by atoms with Crippen molar-refractivity contribution in [2.24, 2.45) is 0 Å². The smallest absolute Gasteiger partial charge is 0.372 e. The van der Waals surface area contributed by atoms with E-state index in [1.165, 1.54) is 18.5 Å². The lowest BCUT2D eigenvalue weighted by Crippen LogP contribution is -2.17. The van der Waals surface area contributed by atoms with Crippen molar-refractivity contribution in [3.8, 4) is 0 Å². The molecule has 1 heterocycles. The Hall–Kier alpha value is -2.43. The van der Waals surface area contributed by atoms with Gasteiger partial charge in [0.1, 0.15) is 0 Å². The standard InChI is InChI=1S/C15H13NO4/c17-13(7-14(18)15(19)20)9-3-4-11-10(5-9)6-12(16-11)8-1-2-8/h3-6,8,16H,1-2,7H2,(H,19,20). The van der Waals surface area contributed by atoms with Crippen molar-refractivity contribution in [1.29, 1.82) is 0 Å².